The molecule has 2 aliphatic carbocycles. The fourth-order valence-electron chi connectivity index (χ4n) is 6.34. The van der Waals surface area contributed by atoms with Crippen molar-refractivity contribution in [3.63, 3.8) is 0 Å². The Morgan fingerprint density at radius 2 is 1.02 bits per heavy atom. The zero-order valence-electron chi connectivity index (χ0n) is 33.8. The fraction of sp³-hybridized carbons (Fsp3) is 0.0513. The van der Waals surface area contributed by atoms with Gasteiger partial charge in [0, 0.05) is 22.5 Å². The molecule has 4 N–H and O–H groups in total. The number of urea groups is 1. The summed E-state index contributed by atoms with van der Waals surface area (Å²) in [7, 11) is -15.2. The van der Waals surface area contributed by atoms with E-state index in [1.54, 1.807) is 19.1 Å². The van der Waals surface area contributed by atoms with Gasteiger partial charge in [0.2, 0.25) is 11.6 Å². The second kappa shape index (κ2) is 20.1. The fourth-order valence-corrected chi connectivity index (χ4v) is 8.14. The standard InChI is InChI=1S/C39H30N6O12S3.3Na/c1-20-3-12-32(21(2)13-20)43-45-36-34(60(55,56)57)19-25-16-27(8-11-31(25)38(36)47)41-39(48)40-26-7-10-30-24(15-26)18-33(59(52,53)54)35(37(30)46)44-42-28-6-4-23-17-29(58(49,50)51)9-5-22(23)14-28;;;/h3-19,42-43H,1-2H3,(H2,40,41,48)(H,49,50,51)(H,52,53,54)(H,55,56,57);;;/q;3*+1/p-3/b44-35-,45-36+;;;. The summed E-state index contributed by atoms with van der Waals surface area (Å²) < 4.78 is 108. The number of Topliss-reactive ketones (excluding diaryl/α,β-unsaturated/α-hetero) is 2. The first-order valence-electron chi connectivity index (χ1n) is 17.2. The predicted octanol–water partition coefficient (Wildman–Crippen LogP) is -3.88. The third-order valence-electron chi connectivity index (χ3n) is 9.18. The van der Waals surface area contributed by atoms with Crippen LogP contribution in [0.15, 0.2) is 116 Å². The molecule has 18 nitrogen and oxygen atoms in total. The Kier molecular flexibility index (Phi) is 16.5. The molecule has 0 saturated carbocycles. The summed E-state index contributed by atoms with van der Waals surface area (Å²) in [6.07, 6.45) is 1.88. The number of carbonyl (C=O) groups excluding carboxylic acids is 3. The van der Waals surface area contributed by atoms with Crippen molar-refractivity contribution >= 4 is 105 Å². The Balaban J connectivity index is 0.00000290. The van der Waals surface area contributed by atoms with Crippen LogP contribution >= 0.6 is 0 Å². The molecule has 0 aliphatic heterocycles. The van der Waals surface area contributed by atoms with Gasteiger partial charge in [-0.25, -0.2) is 30.0 Å². The molecule has 0 heterocycles. The molecule has 2 amide bonds. The van der Waals surface area contributed by atoms with Gasteiger partial charge in [0.1, 0.15) is 41.8 Å². The average Bonchev–Trinajstić information content (AvgIpc) is 3.16. The van der Waals surface area contributed by atoms with E-state index in [0.717, 1.165) is 29.3 Å². The summed E-state index contributed by atoms with van der Waals surface area (Å²) >= 11 is 0. The minimum absolute atomic E-state index is 0. The van der Waals surface area contributed by atoms with Crippen molar-refractivity contribution < 1.29 is 142 Å². The number of hydrogen-bond acceptors (Lipinski definition) is 16. The summed E-state index contributed by atoms with van der Waals surface area (Å²) in [5, 5.41) is 13.7. The maximum Gasteiger partial charge on any atom is 1.00 e. The first-order valence-corrected chi connectivity index (χ1v) is 21.4. The number of nitrogens with zero attached hydrogens (tertiary/aromatic N) is 2. The largest absolute Gasteiger partial charge is 1.00 e. The van der Waals surface area contributed by atoms with E-state index >= 15 is 0 Å². The topological polar surface area (TPSA) is 296 Å². The number of amides is 2. The molecule has 0 spiro atoms. The van der Waals surface area contributed by atoms with E-state index in [4.69, 9.17) is 0 Å². The molecule has 24 heteroatoms. The SMILES string of the molecule is Cc1ccc(N/N=C2/C(=O)c3ccc(NC(=O)Nc4ccc5c(c4)C=C(S(=O)(=O)[O-])/C(=N/Nc4ccc6cc(S(=O)(=O)[O-])ccc6c4)C5=O)cc3C=C2S(=O)(=O)[O-])c(C)c1.[Na+].[Na+].[Na+]. The molecule has 0 radical (unpaired) electrons. The van der Waals surface area contributed by atoms with Gasteiger partial charge in [-0.3, -0.25) is 20.4 Å². The van der Waals surface area contributed by atoms with Gasteiger partial charge in [0.15, 0.2) is 0 Å². The zero-order chi connectivity index (χ0) is 43.3. The molecule has 0 bridgehead atoms. The van der Waals surface area contributed by atoms with Gasteiger partial charge in [0.05, 0.1) is 26.1 Å². The Hall–Kier alpha value is -3.88. The van der Waals surface area contributed by atoms with Gasteiger partial charge in [-0.2, -0.15) is 10.2 Å². The van der Waals surface area contributed by atoms with Gasteiger partial charge in [-0.1, -0.05) is 29.8 Å². The second-order valence-electron chi connectivity index (χ2n) is 13.4. The summed E-state index contributed by atoms with van der Waals surface area (Å²) in [5.74, 6) is -1.80. The van der Waals surface area contributed by atoms with Crippen molar-refractivity contribution in [3.8, 4) is 0 Å². The van der Waals surface area contributed by atoms with Gasteiger partial charge in [-0.15, -0.1) is 0 Å². The zero-order valence-corrected chi connectivity index (χ0v) is 42.3. The summed E-state index contributed by atoms with van der Waals surface area (Å²) in [6.45, 7) is 3.65. The Morgan fingerprint density at radius 1 is 0.540 bits per heavy atom. The van der Waals surface area contributed by atoms with E-state index in [2.05, 4.69) is 31.7 Å². The molecule has 63 heavy (non-hydrogen) atoms. The second-order valence-corrected chi connectivity index (χ2v) is 17.5. The molecule has 0 saturated heterocycles. The van der Waals surface area contributed by atoms with Crippen LogP contribution in [0.2, 0.25) is 0 Å². The molecular formula is C39H27N6Na3O12S3. The molecule has 0 unspecified atom stereocenters. The minimum Gasteiger partial charge on any atom is -0.744 e. The van der Waals surface area contributed by atoms with Crippen LogP contribution in [0.3, 0.4) is 0 Å². The first kappa shape index (κ1) is 51.8. The summed E-state index contributed by atoms with van der Waals surface area (Å²) in [4.78, 5) is 37.6. The van der Waals surface area contributed by atoms with Crippen molar-refractivity contribution in [3.05, 3.63) is 134 Å². The predicted molar refractivity (Wildman–Crippen MR) is 219 cm³/mol. The Labute approximate surface area is 426 Å². The van der Waals surface area contributed by atoms with Crippen molar-refractivity contribution in [2.75, 3.05) is 21.5 Å². The van der Waals surface area contributed by atoms with Crippen LogP contribution in [0, 0.1) is 13.8 Å². The molecule has 5 aromatic carbocycles. The van der Waals surface area contributed by atoms with Crippen molar-refractivity contribution in [1.29, 1.82) is 0 Å². The van der Waals surface area contributed by atoms with E-state index in [1.165, 1.54) is 66.7 Å². The first-order chi connectivity index (χ1) is 28.2. The number of rotatable bonds is 9. The van der Waals surface area contributed by atoms with Crippen LogP contribution in [0.1, 0.15) is 43.0 Å². The van der Waals surface area contributed by atoms with E-state index in [1.807, 2.05) is 13.0 Å². The number of anilines is 4. The summed E-state index contributed by atoms with van der Waals surface area (Å²) in [5.41, 5.74) is 6.23. The number of fused-ring (bicyclic) bond motifs is 3. The maximum absolute atomic E-state index is 13.5. The Morgan fingerprint density at radius 3 is 1.51 bits per heavy atom. The molecule has 2 aliphatic rings. The molecule has 306 valence electrons. The van der Waals surface area contributed by atoms with Crippen molar-refractivity contribution in [1.82, 2.24) is 0 Å². The van der Waals surface area contributed by atoms with Crippen LogP contribution in [-0.4, -0.2) is 67.9 Å². The molecule has 5 aromatic rings. The molecule has 0 fully saturated rings. The number of hydrogen-bond donors (Lipinski definition) is 4. The van der Waals surface area contributed by atoms with Gasteiger partial charge in [-0.05, 0) is 120 Å². The quantitative estimate of drug-likeness (QED) is 0.0625. The molecule has 0 aromatic heterocycles. The minimum atomic E-state index is -5.30. The van der Waals surface area contributed by atoms with Gasteiger partial charge in [0.25, 0.3) is 0 Å². The van der Waals surface area contributed by atoms with Crippen molar-refractivity contribution in [2.24, 2.45) is 10.2 Å². The van der Waals surface area contributed by atoms with Crippen LogP contribution in [0.4, 0.5) is 27.5 Å². The van der Waals surface area contributed by atoms with Gasteiger partial charge >= 0.3 is 94.7 Å². The van der Waals surface area contributed by atoms with Crippen LogP contribution < -0.4 is 110 Å². The Bertz CT molecular complexity index is 3230. The van der Waals surface area contributed by atoms with E-state index in [-0.39, 0.29) is 128 Å². The van der Waals surface area contributed by atoms with Crippen LogP contribution in [0.25, 0.3) is 22.9 Å². The van der Waals surface area contributed by atoms with E-state index in [9.17, 15) is 53.3 Å². The van der Waals surface area contributed by atoms with Crippen LogP contribution in [-0.2, 0) is 30.4 Å². The number of benzene rings is 5. The number of aryl methyl sites for hydroxylation is 2. The van der Waals surface area contributed by atoms with E-state index in [0.29, 0.717) is 16.5 Å². The van der Waals surface area contributed by atoms with Crippen molar-refractivity contribution in [2.45, 2.75) is 18.7 Å². The number of ketones is 2. The average molecular weight is 937 g/mol. The van der Waals surface area contributed by atoms with Gasteiger partial charge < -0.3 is 24.3 Å². The smallest absolute Gasteiger partial charge is 0.744 e. The van der Waals surface area contributed by atoms with E-state index < -0.39 is 74.1 Å². The van der Waals surface area contributed by atoms with Crippen LogP contribution in [0.5, 0.6) is 0 Å². The third kappa shape index (κ3) is 11.7. The molecule has 0 atom stereocenters. The maximum atomic E-state index is 13.5. The summed E-state index contributed by atoms with van der Waals surface area (Å²) in [6, 6.07) is 20.1. The number of allylic oxidation sites excluding steroid dienone is 2. The number of hydrazone groups is 2. The number of carbonyl (C=O) groups is 3. The third-order valence-corrected chi connectivity index (χ3v) is 11.7. The monoisotopic (exact) mass is 936 g/mol. The molecule has 7 rings (SSSR count). The normalized spacial score (nSPS) is 14.8. The molecular weight excluding hydrogens is 910 g/mol. The number of nitrogens with one attached hydrogen (secondary N) is 4.